The van der Waals surface area contributed by atoms with Gasteiger partial charge in [-0.15, -0.1) is 11.3 Å². The van der Waals surface area contributed by atoms with Crippen LogP contribution in [0.2, 0.25) is 5.02 Å². The fourth-order valence-electron chi connectivity index (χ4n) is 2.36. The predicted molar refractivity (Wildman–Crippen MR) is 105 cm³/mol. The number of carbonyl (C=O) groups excluding carboxylic acids is 2. The van der Waals surface area contributed by atoms with Crippen molar-refractivity contribution in [3.63, 3.8) is 0 Å². The molecule has 0 aliphatic carbocycles. The monoisotopic (exact) mass is 400 g/mol. The summed E-state index contributed by atoms with van der Waals surface area (Å²) in [4.78, 5) is 28.7. The third-order valence-electron chi connectivity index (χ3n) is 3.74. The number of halogens is 1. The second kappa shape index (κ2) is 8.79. The Morgan fingerprint density at radius 2 is 1.96 bits per heavy atom. The number of rotatable bonds is 5. The van der Waals surface area contributed by atoms with Crippen LogP contribution in [0.1, 0.15) is 21.5 Å². The molecule has 0 unspecified atom stereocenters. The average Bonchev–Trinajstić information content (AvgIpc) is 3.08. The number of aromatic nitrogens is 1. The highest BCUT2D eigenvalue weighted by atomic mass is 35.5. The standard InChI is InChI=1S/C20H17ClN2O3S/c1-14-5-7-15(8-6-14)12-23-9-10-27-20(23)22-18(24)13-26-19(25)16-3-2-4-17(21)11-16/h2-11H,12-13H2,1H3. The van der Waals surface area contributed by atoms with E-state index in [1.807, 2.05) is 47.3 Å². The quantitative estimate of drug-likeness (QED) is 0.611. The largest absolute Gasteiger partial charge is 0.452 e. The summed E-state index contributed by atoms with van der Waals surface area (Å²) >= 11 is 7.19. The van der Waals surface area contributed by atoms with Crippen molar-refractivity contribution in [3.05, 3.63) is 86.6 Å². The smallest absolute Gasteiger partial charge is 0.338 e. The first-order valence-electron chi connectivity index (χ1n) is 8.21. The Balaban J connectivity index is 1.65. The van der Waals surface area contributed by atoms with Gasteiger partial charge in [0.15, 0.2) is 11.4 Å². The molecule has 7 heteroatoms. The van der Waals surface area contributed by atoms with Crippen molar-refractivity contribution in [1.29, 1.82) is 0 Å². The fraction of sp³-hybridized carbons (Fsp3) is 0.150. The summed E-state index contributed by atoms with van der Waals surface area (Å²) in [6.45, 7) is 2.22. The minimum absolute atomic E-state index is 0.292. The van der Waals surface area contributed by atoms with Gasteiger partial charge in [-0.3, -0.25) is 4.79 Å². The van der Waals surface area contributed by atoms with Gasteiger partial charge >= 0.3 is 5.97 Å². The molecule has 2 aromatic carbocycles. The van der Waals surface area contributed by atoms with Gasteiger partial charge in [-0.2, -0.15) is 4.99 Å². The van der Waals surface area contributed by atoms with Gasteiger partial charge in [-0.1, -0.05) is 47.5 Å². The molecule has 0 aliphatic rings. The van der Waals surface area contributed by atoms with Crippen molar-refractivity contribution in [2.45, 2.75) is 13.5 Å². The molecule has 3 aromatic rings. The molecule has 138 valence electrons. The molecular formula is C20H17ClN2O3S. The van der Waals surface area contributed by atoms with Crippen molar-refractivity contribution in [2.24, 2.45) is 4.99 Å². The Bertz CT molecular complexity index is 1020. The van der Waals surface area contributed by atoms with Crippen LogP contribution in [0.15, 0.2) is 65.1 Å². The molecule has 27 heavy (non-hydrogen) atoms. The van der Waals surface area contributed by atoms with Gasteiger partial charge in [-0.05, 0) is 30.7 Å². The molecule has 5 nitrogen and oxygen atoms in total. The lowest BCUT2D eigenvalue weighted by molar-refractivity contribution is -0.121. The zero-order valence-electron chi connectivity index (χ0n) is 14.6. The number of benzene rings is 2. The summed E-state index contributed by atoms with van der Waals surface area (Å²) in [5, 5.41) is 2.29. The minimum atomic E-state index is -0.611. The van der Waals surface area contributed by atoms with Gasteiger partial charge in [0.1, 0.15) is 0 Å². The third kappa shape index (κ3) is 5.39. The summed E-state index contributed by atoms with van der Waals surface area (Å²) in [5.74, 6) is -1.13. The van der Waals surface area contributed by atoms with E-state index in [1.54, 1.807) is 18.2 Å². The molecule has 0 radical (unpaired) electrons. The molecule has 3 rings (SSSR count). The zero-order chi connectivity index (χ0) is 19.2. The topological polar surface area (TPSA) is 60.7 Å². The Morgan fingerprint density at radius 3 is 2.70 bits per heavy atom. The van der Waals surface area contributed by atoms with Crippen LogP contribution in [0, 0.1) is 6.92 Å². The van der Waals surface area contributed by atoms with Crippen molar-refractivity contribution in [2.75, 3.05) is 6.61 Å². The molecule has 0 saturated heterocycles. The summed E-state index contributed by atoms with van der Waals surface area (Å²) in [5.41, 5.74) is 2.59. The predicted octanol–water partition coefficient (Wildman–Crippen LogP) is 3.84. The van der Waals surface area contributed by atoms with E-state index in [9.17, 15) is 9.59 Å². The number of ether oxygens (including phenoxy) is 1. The number of aryl methyl sites for hydroxylation is 1. The highest BCUT2D eigenvalue weighted by Crippen LogP contribution is 2.11. The first kappa shape index (κ1) is 19.1. The van der Waals surface area contributed by atoms with Crippen LogP contribution in [0.5, 0.6) is 0 Å². The minimum Gasteiger partial charge on any atom is -0.452 e. The molecule has 1 heterocycles. The molecule has 0 N–H and O–H groups in total. The van der Waals surface area contributed by atoms with Gasteiger partial charge in [0.2, 0.25) is 0 Å². The second-order valence-corrected chi connectivity index (χ2v) is 7.20. The first-order valence-corrected chi connectivity index (χ1v) is 9.47. The lowest BCUT2D eigenvalue weighted by Crippen LogP contribution is -2.20. The molecule has 0 atom stereocenters. The zero-order valence-corrected chi connectivity index (χ0v) is 16.2. The Hall–Kier alpha value is -2.70. The molecule has 0 fully saturated rings. The van der Waals surface area contributed by atoms with Crippen LogP contribution in [0.4, 0.5) is 0 Å². The van der Waals surface area contributed by atoms with Crippen LogP contribution in [0.3, 0.4) is 0 Å². The molecular weight excluding hydrogens is 384 g/mol. The van der Waals surface area contributed by atoms with E-state index in [2.05, 4.69) is 4.99 Å². The Kier molecular flexibility index (Phi) is 6.21. The van der Waals surface area contributed by atoms with Crippen molar-refractivity contribution < 1.29 is 14.3 Å². The van der Waals surface area contributed by atoms with Crippen LogP contribution >= 0.6 is 22.9 Å². The SMILES string of the molecule is Cc1ccc(Cn2ccsc2=NC(=O)COC(=O)c2cccc(Cl)c2)cc1. The van der Waals surface area contributed by atoms with Gasteiger partial charge in [-0.25, -0.2) is 4.79 Å². The van der Waals surface area contributed by atoms with Gasteiger partial charge in [0, 0.05) is 23.1 Å². The maximum absolute atomic E-state index is 12.1. The van der Waals surface area contributed by atoms with Crippen LogP contribution in [0.25, 0.3) is 0 Å². The summed E-state index contributed by atoms with van der Waals surface area (Å²) < 4.78 is 6.90. The Labute approximate surface area is 165 Å². The number of hydrogen-bond donors (Lipinski definition) is 0. The number of amides is 1. The molecule has 1 aromatic heterocycles. The first-order chi connectivity index (χ1) is 13.0. The fourth-order valence-corrected chi connectivity index (χ4v) is 3.30. The van der Waals surface area contributed by atoms with E-state index in [1.165, 1.54) is 23.0 Å². The van der Waals surface area contributed by atoms with Crippen molar-refractivity contribution in [1.82, 2.24) is 4.57 Å². The molecule has 0 spiro atoms. The molecule has 1 amide bonds. The number of nitrogens with zero attached hydrogens (tertiary/aromatic N) is 2. The number of hydrogen-bond acceptors (Lipinski definition) is 4. The highest BCUT2D eigenvalue weighted by Gasteiger charge is 2.10. The second-order valence-electron chi connectivity index (χ2n) is 5.89. The normalized spacial score (nSPS) is 11.4. The van der Waals surface area contributed by atoms with Gasteiger partial charge < -0.3 is 9.30 Å². The van der Waals surface area contributed by atoms with Crippen molar-refractivity contribution in [3.8, 4) is 0 Å². The van der Waals surface area contributed by atoms with Gasteiger partial charge in [0.05, 0.1) is 5.56 Å². The molecule has 0 bridgehead atoms. The lowest BCUT2D eigenvalue weighted by Gasteiger charge is -2.04. The average molecular weight is 401 g/mol. The van der Waals surface area contributed by atoms with Crippen molar-refractivity contribution >= 4 is 34.8 Å². The third-order valence-corrected chi connectivity index (χ3v) is 4.77. The van der Waals surface area contributed by atoms with E-state index < -0.39 is 18.5 Å². The summed E-state index contributed by atoms with van der Waals surface area (Å²) in [6.07, 6.45) is 1.87. The van der Waals surface area contributed by atoms with E-state index in [0.717, 1.165) is 5.56 Å². The maximum atomic E-state index is 12.1. The van der Waals surface area contributed by atoms with E-state index >= 15 is 0 Å². The van der Waals surface area contributed by atoms with Gasteiger partial charge in [0.25, 0.3) is 5.91 Å². The van der Waals surface area contributed by atoms with Crippen LogP contribution in [-0.2, 0) is 16.1 Å². The van der Waals surface area contributed by atoms with E-state index in [0.29, 0.717) is 21.9 Å². The molecule has 0 saturated carbocycles. The number of esters is 1. The summed E-state index contributed by atoms with van der Waals surface area (Å²) in [7, 11) is 0. The maximum Gasteiger partial charge on any atom is 0.338 e. The number of thiazole rings is 1. The van der Waals surface area contributed by atoms with Crippen LogP contribution in [-0.4, -0.2) is 23.1 Å². The van der Waals surface area contributed by atoms with E-state index in [-0.39, 0.29) is 0 Å². The number of carbonyl (C=O) groups is 2. The summed E-state index contributed by atoms with van der Waals surface area (Å²) in [6, 6.07) is 14.5. The molecule has 0 aliphatic heterocycles. The Morgan fingerprint density at radius 1 is 1.19 bits per heavy atom. The highest BCUT2D eigenvalue weighted by molar-refractivity contribution is 7.07. The lowest BCUT2D eigenvalue weighted by atomic mass is 10.1. The van der Waals surface area contributed by atoms with E-state index in [4.69, 9.17) is 16.3 Å². The van der Waals surface area contributed by atoms with Crippen LogP contribution < -0.4 is 4.80 Å².